The maximum absolute atomic E-state index is 11.4. The molecule has 1 atom stereocenters. The maximum Gasteiger partial charge on any atom is 0.310 e. The Morgan fingerprint density at radius 1 is 1.22 bits per heavy atom. The molecule has 23 heavy (non-hydrogen) atoms. The van der Waals surface area contributed by atoms with Gasteiger partial charge in [0, 0.05) is 20.1 Å². The summed E-state index contributed by atoms with van der Waals surface area (Å²) in [6.07, 6.45) is 0.926. The lowest BCUT2D eigenvalue weighted by Gasteiger charge is -2.15. The van der Waals surface area contributed by atoms with E-state index in [1.807, 2.05) is 6.92 Å². The number of carbonyl (C=O) groups excluding carboxylic acids is 1. The third kappa shape index (κ3) is 8.20. The summed E-state index contributed by atoms with van der Waals surface area (Å²) in [5.74, 6) is 0.265. The van der Waals surface area contributed by atoms with Crippen LogP contribution in [0.1, 0.15) is 23.6 Å². The van der Waals surface area contributed by atoms with Crippen molar-refractivity contribution in [2.75, 3.05) is 27.2 Å². The summed E-state index contributed by atoms with van der Waals surface area (Å²) >= 11 is 0. The van der Waals surface area contributed by atoms with E-state index in [1.165, 1.54) is 23.8 Å². The van der Waals surface area contributed by atoms with Crippen molar-refractivity contribution in [1.82, 2.24) is 10.6 Å². The first-order valence-corrected chi connectivity index (χ1v) is 7.55. The Labute approximate surface area is 156 Å². The number of rotatable bonds is 6. The minimum atomic E-state index is -0.224. The zero-order valence-corrected chi connectivity index (χ0v) is 16.9. The van der Waals surface area contributed by atoms with Gasteiger partial charge in [0.05, 0.1) is 13.0 Å². The van der Waals surface area contributed by atoms with E-state index in [9.17, 15) is 4.79 Å². The highest BCUT2D eigenvalue weighted by atomic mass is 127. The van der Waals surface area contributed by atoms with E-state index in [-0.39, 0.29) is 35.9 Å². The van der Waals surface area contributed by atoms with Gasteiger partial charge < -0.3 is 15.4 Å². The predicted octanol–water partition coefficient (Wildman–Crippen LogP) is 2.44. The SMILES string of the molecule is CN=C(NCCc1cc(C)cc(C)c1)NCC(C)C(=O)OC.I. The van der Waals surface area contributed by atoms with Gasteiger partial charge in [0.2, 0.25) is 0 Å². The predicted molar refractivity (Wildman–Crippen MR) is 106 cm³/mol. The Morgan fingerprint density at radius 3 is 2.35 bits per heavy atom. The van der Waals surface area contributed by atoms with Crippen LogP contribution in [0.4, 0.5) is 0 Å². The van der Waals surface area contributed by atoms with Crippen molar-refractivity contribution in [2.45, 2.75) is 27.2 Å². The number of aryl methyl sites for hydroxylation is 2. The first kappa shape index (κ1) is 21.7. The van der Waals surface area contributed by atoms with Crippen molar-refractivity contribution in [3.05, 3.63) is 34.9 Å². The molecule has 0 fully saturated rings. The Kier molecular flexibility index (Phi) is 10.6. The van der Waals surface area contributed by atoms with E-state index >= 15 is 0 Å². The van der Waals surface area contributed by atoms with E-state index in [0.717, 1.165) is 13.0 Å². The summed E-state index contributed by atoms with van der Waals surface area (Å²) in [4.78, 5) is 15.5. The van der Waals surface area contributed by atoms with Crippen LogP contribution in [0.25, 0.3) is 0 Å². The van der Waals surface area contributed by atoms with Gasteiger partial charge >= 0.3 is 5.97 Å². The van der Waals surface area contributed by atoms with E-state index in [2.05, 4.69) is 47.7 Å². The molecule has 6 heteroatoms. The van der Waals surface area contributed by atoms with Gasteiger partial charge in [-0.1, -0.05) is 36.2 Å². The second-order valence-corrected chi connectivity index (χ2v) is 5.55. The van der Waals surface area contributed by atoms with Crippen LogP contribution in [-0.4, -0.2) is 39.2 Å². The molecule has 1 unspecified atom stereocenters. The molecule has 0 saturated heterocycles. The number of nitrogens with zero attached hydrogens (tertiary/aromatic N) is 1. The third-order valence-corrected chi connectivity index (χ3v) is 3.39. The largest absolute Gasteiger partial charge is 0.469 e. The standard InChI is InChI=1S/C17H27N3O2.HI/c1-12-8-13(2)10-15(9-12)6-7-19-17(18-4)20-11-14(3)16(21)22-5;/h8-10,14H,6-7,11H2,1-5H3,(H2,18,19,20);1H. The minimum Gasteiger partial charge on any atom is -0.469 e. The third-order valence-electron chi connectivity index (χ3n) is 3.39. The van der Waals surface area contributed by atoms with Crippen LogP contribution in [0.5, 0.6) is 0 Å². The fourth-order valence-corrected chi connectivity index (χ4v) is 2.29. The number of carbonyl (C=O) groups is 1. The lowest BCUT2D eigenvalue weighted by molar-refractivity contribution is -0.144. The van der Waals surface area contributed by atoms with Crippen molar-refractivity contribution in [3.63, 3.8) is 0 Å². The number of methoxy groups -OCH3 is 1. The summed E-state index contributed by atoms with van der Waals surface area (Å²) < 4.78 is 4.70. The summed E-state index contributed by atoms with van der Waals surface area (Å²) in [7, 11) is 3.12. The molecule has 0 aliphatic heterocycles. The van der Waals surface area contributed by atoms with Gasteiger partial charge in [-0.25, -0.2) is 0 Å². The van der Waals surface area contributed by atoms with Crippen LogP contribution in [0.2, 0.25) is 0 Å². The van der Waals surface area contributed by atoms with E-state index in [4.69, 9.17) is 4.74 Å². The highest BCUT2D eigenvalue weighted by Crippen LogP contribution is 2.08. The molecule has 0 spiro atoms. The molecule has 5 nitrogen and oxygen atoms in total. The van der Waals surface area contributed by atoms with E-state index in [0.29, 0.717) is 12.5 Å². The Hall–Kier alpha value is -1.31. The van der Waals surface area contributed by atoms with Crippen molar-refractivity contribution in [2.24, 2.45) is 10.9 Å². The smallest absolute Gasteiger partial charge is 0.310 e. The first-order valence-electron chi connectivity index (χ1n) is 7.55. The molecule has 0 aliphatic carbocycles. The minimum absolute atomic E-state index is 0. The van der Waals surface area contributed by atoms with Gasteiger partial charge in [0.15, 0.2) is 5.96 Å². The molecule has 0 aliphatic rings. The van der Waals surface area contributed by atoms with E-state index < -0.39 is 0 Å². The van der Waals surface area contributed by atoms with Crippen LogP contribution in [0.15, 0.2) is 23.2 Å². The van der Waals surface area contributed by atoms with Gasteiger partial charge in [-0.05, 0) is 25.8 Å². The molecule has 0 radical (unpaired) electrons. The summed E-state index contributed by atoms with van der Waals surface area (Å²) in [5.41, 5.74) is 3.87. The van der Waals surface area contributed by atoms with Gasteiger partial charge in [0.1, 0.15) is 0 Å². The summed E-state index contributed by atoms with van der Waals surface area (Å²) in [5, 5.41) is 6.39. The molecule has 1 aromatic rings. The lowest BCUT2D eigenvalue weighted by Crippen LogP contribution is -2.41. The molecule has 0 aromatic heterocycles. The van der Waals surface area contributed by atoms with Crippen LogP contribution in [-0.2, 0) is 16.0 Å². The van der Waals surface area contributed by atoms with Crippen LogP contribution >= 0.6 is 24.0 Å². The zero-order chi connectivity index (χ0) is 16.5. The fourth-order valence-electron chi connectivity index (χ4n) is 2.29. The first-order chi connectivity index (χ1) is 10.5. The number of ether oxygens (including phenoxy) is 1. The van der Waals surface area contributed by atoms with Crippen LogP contribution in [0.3, 0.4) is 0 Å². The average Bonchev–Trinajstić information content (AvgIpc) is 2.48. The highest BCUT2D eigenvalue weighted by molar-refractivity contribution is 14.0. The molecule has 0 saturated carbocycles. The lowest BCUT2D eigenvalue weighted by atomic mass is 10.1. The average molecular weight is 433 g/mol. The second-order valence-electron chi connectivity index (χ2n) is 5.55. The summed E-state index contributed by atoms with van der Waals surface area (Å²) in [6.45, 7) is 7.32. The van der Waals surface area contributed by atoms with Gasteiger partial charge in [-0.2, -0.15) is 0 Å². The summed E-state index contributed by atoms with van der Waals surface area (Å²) in [6, 6.07) is 6.57. The number of benzene rings is 1. The number of aliphatic imine (C=N–C) groups is 1. The molecular formula is C17H28IN3O2. The molecule has 1 rings (SSSR count). The van der Waals surface area contributed by atoms with E-state index in [1.54, 1.807) is 7.05 Å². The van der Waals surface area contributed by atoms with Crippen molar-refractivity contribution >= 4 is 35.9 Å². The number of guanidine groups is 1. The number of hydrogen-bond acceptors (Lipinski definition) is 3. The van der Waals surface area contributed by atoms with Crippen LogP contribution < -0.4 is 10.6 Å². The number of hydrogen-bond donors (Lipinski definition) is 2. The Balaban J connectivity index is 0.00000484. The maximum atomic E-state index is 11.4. The molecular weight excluding hydrogens is 405 g/mol. The number of esters is 1. The molecule has 0 bridgehead atoms. The monoisotopic (exact) mass is 433 g/mol. The Morgan fingerprint density at radius 2 is 1.83 bits per heavy atom. The molecule has 2 N–H and O–H groups in total. The Bertz CT molecular complexity index is 512. The molecule has 130 valence electrons. The van der Waals surface area contributed by atoms with Crippen LogP contribution in [0, 0.1) is 19.8 Å². The number of halogens is 1. The normalized spacial score (nSPS) is 12.1. The topological polar surface area (TPSA) is 62.7 Å². The molecule has 0 amide bonds. The van der Waals surface area contributed by atoms with Gasteiger partial charge in [-0.15, -0.1) is 24.0 Å². The molecule has 0 heterocycles. The van der Waals surface area contributed by atoms with Gasteiger partial charge in [0.25, 0.3) is 0 Å². The van der Waals surface area contributed by atoms with Crippen molar-refractivity contribution in [1.29, 1.82) is 0 Å². The van der Waals surface area contributed by atoms with Gasteiger partial charge in [-0.3, -0.25) is 9.79 Å². The fraction of sp³-hybridized carbons (Fsp3) is 0.529. The van der Waals surface area contributed by atoms with Crippen molar-refractivity contribution < 1.29 is 9.53 Å². The second kappa shape index (κ2) is 11.3. The zero-order valence-electron chi connectivity index (χ0n) is 14.6. The quantitative estimate of drug-likeness (QED) is 0.313. The molecule has 1 aromatic carbocycles. The highest BCUT2D eigenvalue weighted by Gasteiger charge is 2.13. The number of nitrogens with one attached hydrogen (secondary N) is 2. The van der Waals surface area contributed by atoms with Crippen molar-refractivity contribution in [3.8, 4) is 0 Å².